The number of nitrogens with zero attached hydrogens (tertiary/aromatic N) is 5. The van der Waals surface area contributed by atoms with Gasteiger partial charge in [-0.3, -0.25) is 24.3 Å². The molecule has 0 aliphatic heterocycles. The normalized spacial score (nSPS) is 10.7. The molecule has 3 rings (SSSR count). The number of nitrogens with one attached hydrogen (secondary N) is 3. The summed E-state index contributed by atoms with van der Waals surface area (Å²) in [6, 6.07) is 12.2. The van der Waals surface area contributed by atoms with Crippen LogP contribution in [0.25, 0.3) is 0 Å². The number of carbonyl (C=O) groups is 3. The molecule has 2 heterocycles. The Balaban J connectivity index is 1.57. The summed E-state index contributed by atoms with van der Waals surface area (Å²) in [5, 5.41) is 16.3. The summed E-state index contributed by atoms with van der Waals surface area (Å²) >= 11 is 0. The highest BCUT2D eigenvalue weighted by atomic mass is 16.5. The van der Waals surface area contributed by atoms with Crippen LogP contribution in [0.4, 0.5) is 16.4 Å². The molecule has 0 atom stereocenters. The first kappa shape index (κ1) is 24.5. The quantitative estimate of drug-likeness (QED) is 0.432. The van der Waals surface area contributed by atoms with Crippen molar-refractivity contribution in [3.8, 4) is 0 Å². The van der Waals surface area contributed by atoms with Gasteiger partial charge >= 0.3 is 6.09 Å². The van der Waals surface area contributed by atoms with Gasteiger partial charge in [-0.25, -0.2) is 4.79 Å². The lowest BCUT2D eigenvalue weighted by Gasteiger charge is -2.09. The van der Waals surface area contributed by atoms with Crippen LogP contribution in [-0.2, 0) is 25.4 Å². The van der Waals surface area contributed by atoms with Crippen molar-refractivity contribution >= 4 is 29.5 Å². The highest BCUT2D eigenvalue weighted by molar-refractivity contribution is 6.04. The lowest BCUT2D eigenvalue weighted by atomic mass is 10.2. The zero-order chi connectivity index (χ0) is 24.7. The fraction of sp³-hybridized carbons (Fsp3) is 0.318. The molecule has 0 aliphatic rings. The van der Waals surface area contributed by atoms with Gasteiger partial charge in [0.2, 0.25) is 0 Å². The molecule has 0 saturated heterocycles. The van der Waals surface area contributed by atoms with Crippen molar-refractivity contribution in [1.82, 2.24) is 29.8 Å². The average Bonchev–Trinajstić information content (AvgIpc) is 3.35. The van der Waals surface area contributed by atoms with Gasteiger partial charge in [0, 0.05) is 39.3 Å². The number of hydrogen-bond donors (Lipinski definition) is 3. The van der Waals surface area contributed by atoms with Gasteiger partial charge in [0.05, 0.1) is 0 Å². The topological polar surface area (TPSA) is 135 Å². The Morgan fingerprint density at radius 2 is 1.50 bits per heavy atom. The van der Waals surface area contributed by atoms with E-state index in [0.29, 0.717) is 18.9 Å². The van der Waals surface area contributed by atoms with E-state index in [-0.39, 0.29) is 29.7 Å². The van der Waals surface area contributed by atoms with Gasteiger partial charge in [-0.1, -0.05) is 30.3 Å². The summed E-state index contributed by atoms with van der Waals surface area (Å²) in [5.41, 5.74) is 1.10. The molecule has 0 fully saturated rings. The van der Waals surface area contributed by atoms with Crippen molar-refractivity contribution in [2.75, 3.05) is 37.8 Å². The van der Waals surface area contributed by atoms with Crippen LogP contribution in [0.15, 0.2) is 42.5 Å². The Kier molecular flexibility index (Phi) is 7.98. The summed E-state index contributed by atoms with van der Waals surface area (Å²) in [4.78, 5) is 39.0. The predicted molar refractivity (Wildman–Crippen MR) is 126 cm³/mol. The number of hydrogen-bond acceptors (Lipinski definition) is 7. The van der Waals surface area contributed by atoms with E-state index in [4.69, 9.17) is 4.74 Å². The molecular formula is C22H28N8O4. The minimum atomic E-state index is -0.671. The van der Waals surface area contributed by atoms with Gasteiger partial charge in [-0.15, -0.1) is 0 Å². The number of aromatic nitrogens is 4. The van der Waals surface area contributed by atoms with Crippen LogP contribution in [0, 0.1) is 0 Å². The highest BCUT2D eigenvalue weighted by Gasteiger charge is 2.18. The Bertz CT molecular complexity index is 1150. The van der Waals surface area contributed by atoms with E-state index in [1.807, 2.05) is 49.3 Å². The third-order valence-electron chi connectivity index (χ3n) is 4.75. The third-order valence-corrected chi connectivity index (χ3v) is 4.75. The number of aryl methyl sites for hydroxylation is 2. The second-order valence-corrected chi connectivity index (χ2v) is 7.78. The summed E-state index contributed by atoms with van der Waals surface area (Å²) < 4.78 is 7.93. The molecule has 0 bridgehead atoms. The van der Waals surface area contributed by atoms with Crippen LogP contribution >= 0.6 is 0 Å². The lowest BCUT2D eigenvalue weighted by Crippen LogP contribution is -2.31. The molecule has 3 aromatic rings. The molecular weight excluding hydrogens is 440 g/mol. The summed E-state index contributed by atoms with van der Waals surface area (Å²) in [6.45, 7) is 1.28. The van der Waals surface area contributed by atoms with E-state index in [1.54, 1.807) is 14.1 Å². The van der Waals surface area contributed by atoms with E-state index in [1.165, 1.54) is 21.5 Å². The van der Waals surface area contributed by atoms with Crippen LogP contribution in [0.3, 0.4) is 0 Å². The molecule has 2 aromatic heterocycles. The van der Waals surface area contributed by atoms with Crippen LogP contribution in [0.5, 0.6) is 0 Å². The smallest absolute Gasteiger partial charge is 0.413 e. The minimum absolute atomic E-state index is 0.0686. The first-order valence-corrected chi connectivity index (χ1v) is 10.5. The van der Waals surface area contributed by atoms with Crippen molar-refractivity contribution < 1.29 is 19.1 Å². The summed E-state index contributed by atoms with van der Waals surface area (Å²) in [5.74, 6) is -0.250. The molecule has 0 aliphatic carbocycles. The molecule has 0 unspecified atom stereocenters. The number of carbonyl (C=O) groups excluding carboxylic acids is 3. The molecule has 180 valence electrons. The fourth-order valence-corrected chi connectivity index (χ4v) is 2.92. The largest absolute Gasteiger partial charge is 0.444 e. The standard InChI is InChI=1S/C22H28N8O4/c1-28(2)11-10-23-20(31)16-12-18(29(3)26-16)24-21(32)17-13-19(30(4)27-17)25-22(33)34-14-15-8-6-5-7-9-15/h5-9,12-13H,10-11,14H2,1-4H3,(H,23,31)(H,24,32)(H,25,33). The number of amides is 3. The maximum atomic E-state index is 12.7. The minimum Gasteiger partial charge on any atom is -0.444 e. The summed E-state index contributed by atoms with van der Waals surface area (Å²) in [6.07, 6.45) is -0.671. The van der Waals surface area contributed by atoms with Crippen LogP contribution in [0.2, 0.25) is 0 Å². The van der Waals surface area contributed by atoms with E-state index in [0.717, 1.165) is 5.56 Å². The predicted octanol–water partition coefficient (Wildman–Crippen LogP) is 1.45. The zero-order valence-corrected chi connectivity index (χ0v) is 19.5. The van der Waals surface area contributed by atoms with Gasteiger partial charge in [0.15, 0.2) is 11.4 Å². The van der Waals surface area contributed by atoms with Crippen molar-refractivity contribution in [3.05, 3.63) is 59.4 Å². The number of likely N-dealkylation sites (N-methyl/N-ethyl adjacent to an activating group) is 1. The molecule has 3 N–H and O–H groups in total. The Morgan fingerprint density at radius 1 is 0.912 bits per heavy atom. The van der Waals surface area contributed by atoms with Gasteiger partial charge in [-0.2, -0.15) is 10.2 Å². The first-order chi connectivity index (χ1) is 16.2. The fourth-order valence-electron chi connectivity index (χ4n) is 2.92. The maximum Gasteiger partial charge on any atom is 0.413 e. The molecule has 34 heavy (non-hydrogen) atoms. The molecule has 1 aromatic carbocycles. The second-order valence-electron chi connectivity index (χ2n) is 7.78. The number of benzene rings is 1. The lowest BCUT2D eigenvalue weighted by molar-refractivity contribution is 0.0944. The second kappa shape index (κ2) is 11.1. The zero-order valence-electron chi connectivity index (χ0n) is 19.5. The van der Waals surface area contributed by atoms with Crippen LogP contribution in [0.1, 0.15) is 26.5 Å². The number of rotatable bonds is 9. The first-order valence-electron chi connectivity index (χ1n) is 10.5. The van der Waals surface area contributed by atoms with Gasteiger partial charge in [0.25, 0.3) is 11.8 Å². The molecule has 3 amide bonds. The van der Waals surface area contributed by atoms with Crippen molar-refractivity contribution in [2.24, 2.45) is 14.1 Å². The number of anilines is 2. The molecule has 12 heteroatoms. The van der Waals surface area contributed by atoms with Gasteiger partial charge in [-0.05, 0) is 19.7 Å². The van der Waals surface area contributed by atoms with Crippen molar-refractivity contribution in [2.45, 2.75) is 6.61 Å². The molecule has 0 radical (unpaired) electrons. The van der Waals surface area contributed by atoms with E-state index in [9.17, 15) is 14.4 Å². The average molecular weight is 469 g/mol. The third kappa shape index (κ3) is 6.65. The monoisotopic (exact) mass is 468 g/mol. The van der Waals surface area contributed by atoms with Crippen molar-refractivity contribution in [3.63, 3.8) is 0 Å². The molecule has 0 spiro atoms. The maximum absolute atomic E-state index is 12.7. The Hall–Kier alpha value is -4.19. The molecule has 0 saturated carbocycles. The Morgan fingerprint density at radius 3 is 2.12 bits per heavy atom. The molecule has 12 nitrogen and oxygen atoms in total. The van der Waals surface area contributed by atoms with Crippen molar-refractivity contribution in [1.29, 1.82) is 0 Å². The van der Waals surface area contributed by atoms with Crippen LogP contribution < -0.4 is 16.0 Å². The SMILES string of the molecule is CN(C)CCNC(=O)c1cc(NC(=O)c2cc(NC(=O)OCc3ccccc3)n(C)n2)n(C)n1. The van der Waals surface area contributed by atoms with Crippen LogP contribution in [-0.4, -0.2) is 69.6 Å². The summed E-state index contributed by atoms with van der Waals surface area (Å²) in [7, 11) is 7.02. The van der Waals surface area contributed by atoms with Gasteiger partial charge < -0.3 is 20.3 Å². The van der Waals surface area contributed by atoms with E-state index >= 15 is 0 Å². The van der Waals surface area contributed by atoms with Gasteiger partial charge in [0.1, 0.15) is 18.2 Å². The van der Waals surface area contributed by atoms with E-state index < -0.39 is 12.0 Å². The number of ether oxygens (including phenoxy) is 1. The van der Waals surface area contributed by atoms with E-state index in [2.05, 4.69) is 26.1 Å². The Labute approximate surface area is 196 Å². The highest BCUT2D eigenvalue weighted by Crippen LogP contribution is 2.14.